The number of anilines is 1. The van der Waals surface area contributed by atoms with Crippen LogP contribution in [0.5, 0.6) is 0 Å². The Labute approximate surface area is 124 Å². The van der Waals surface area contributed by atoms with E-state index in [1.807, 2.05) is 0 Å². The van der Waals surface area contributed by atoms with Crippen LogP contribution in [0.25, 0.3) is 10.9 Å². The SMILES string of the molecule is CC(C)N(CCO)S(=O)(=O)c1ccc2nc(N)ccc2c1. The Balaban J connectivity index is 2.51. The molecule has 7 heteroatoms. The van der Waals surface area contributed by atoms with Crippen LogP contribution in [-0.2, 0) is 10.0 Å². The molecule has 0 fully saturated rings. The number of aliphatic hydroxyl groups is 1. The number of aliphatic hydroxyl groups excluding tert-OH is 1. The summed E-state index contributed by atoms with van der Waals surface area (Å²) < 4.78 is 26.6. The molecule has 6 nitrogen and oxygen atoms in total. The maximum Gasteiger partial charge on any atom is 0.243 e. The van der Waals surface area contributed by atoms with Crippen LogP contribution in [0.2, 0.25) is 0 Å². The summed E-state index contributed by atoms with van der Waals surface area (Å²) in [5, 5.41) is 9.77. The second-order valence-electron chi connectivity index (χ2n) is 5.02. The second kappa shape index (κ2) is 5.97. The van der Waals surface area contributed by atoms with E-state index in [0.717, 1.165) is 0 Å². The van der Waals surface area contributed by atoms with E-state index in [2.05, 4.69) is 4.98 Å². The van der Waals surface area contributed by atoms with Crippen LogP contribution in [0.1, 0.15) is 13.8 Å². The molecule has 0 spiro atoms. The molecule has 2 rings (SSSR count). The third-order valence-corrected chi connectivity index (χ3v) is 5.26. The van der Waals surface area contributed by atoms with Crippen molar-refractivity contribution in [3.63, 3.8) is 0 Å². The fourth-order valence-corrected chi connectivity index (χ4v) is 3.83. The summed E-state index contributed by atoms with van der Waals surface area (Å²) >= 11 is 0. The van der Waals surface area contributed by atoms with Crippen molar-refractivity contribution in [3.05, 3.63) is 30.3 Å². The van der Waals surface area contributed by atoms with Crippen LogP contribution in [0.3, 0.4) is 0 Å². The largest absolute Gasteiger partial charge is 0.395 e. The molecule has 0 atom stereocenters. The van der Waals surface area contributed by atoms with E-state index < -0.39 is 10.0 Å². The first-order valence-electron chi connectivity index (χ1n) is 6.65. The van der Waals surface area contributed by atoms with E-state index in [1.54, 1.807) is 38.1 Å². The first kappa shape index (κ1) is 15.7. The highest BCUT2D eigenvalue weighted by molar-refractivity contribution is 7.89. The molecule has 0 bridgehead atoms. The Kier molecular flexibility index (Phi) is 4.46. The monoisotopic (exact) mass is 309 g/mol. The molecule has 0 amide bonds. The van der Waals surface area contributed by atoms with Gasteiger partial charge in [-0.15, -0.1) is 0 Å². The standard InChI is InChI=1S/C14H19N3O3S/c1-10(2)17(7-8-18)21(19,20)12-4-5-13-11(9-12)3-6-14(15)16-13/h3-6,9-10,18H,7-8H2,1-2H3,(H2,15,16). The van der Waals surface area contributed by atoms with E-state index in [9.17, 15) is 8.42 Å². The lowest BCUT2D eigenvalue weighted by atomic mass is 10.2. The summed E-state index contributed by atoms with van der Waals surface area (Å²) in [5.41, 5.74) is 6.26. The predicted octanol–water partition coefficient (Wildman–Crippen LogP) is 1.21. The zero-order valence-corrected chi connectivity index (χ0v) is 12.8. The molecule has 114 valence electrons. The number of aromatic nitrogens is 1. The lowest BCUT2D eigenvalue weighted by Crippen LogP contribution is -2.38. The fraction of sp³-hybridized carbons (Fsp3) is 0.357. The smallest absolute Gasteiger partial charge is 0.243 e. The summed E-state index contributed by atoms with van der Waals surface area (Å²) in [6, 6.07) is 7.86. The molecule has 1 heterocycles. The van der Waals surface area contributed by atoms with Crippen molar-refractivity contribution in [1.82, 2.24) is 9.29 Å². The minimum atomic E-state index is -3.65. The van der Waals surface area contributed by atoms with E-state index >= 15 is 0 Å². The number of sulfonamides is 1. The number of hydrogen-bond acceptors (Lipinski definition) is 5. The highest BCUT2D eigenvalue weighted by Gasteiger charge is 2.26. The number of pyridine rings is 1. The quantitative estimate of drug-likeness (QED) is 0.865. The van der Waals surface area contributed by atoms with E-state index in [4.69, 9.17) is 10.8 Å². The van der Waals surface area contributed by atoms with Crippen LogP contribution in [-0.4, -0.2) is 42.0 Å². The van der Waals surface area contributed by atoms with Gasteiger partial charge >= 0.3 is 0 Å². The van der Waals surface area contributed by atoms with Gasteiger partial charge in [-0.1, -0.05) is 0 Å². The normalized spacial score (nSPS) is 12.4. The summed E-state index contributed by atoms with van der Waals surface area (Å²) in [4.78, 5) is 4.33. The minimum Gasteiger partial charge on any atom is -0.395 e. The highest BCUT2D eigenvalue weighted by Crippen LogP contribution is 2.22. The third-order valence-electron chi connectivity index (χ3n) is 3.19. The second-order valence-corrected chi connectivity index (χ2v) is 6.91. The lowest BCUT2D eigenvalue weighted by Gasteiger charge is -2.25. The van der Waals surface area contributed by atoms with Gasteiger partial charge < -0.3 is 10.8 Å². The first-order chi connectivity index (χ1) is 9.86. The van der Waals surface area contributed by atoms with Crippen molar-refractivity contribution in [2.45, 2.75) is 24.8 Å². The molecule has 0 aliphatic carbocycles. The third kappa shape index (κ3) is 3.15. The average Bonchev–Trinajstić information content (AvgIpc) is 2.43. The van der Waals surface area contributed by atoms with Gasteiger partial charge in [-0.3, -0.25) is 0 Å². The summed E-state index contributed by atoms with van der Waals surface area (Å²) in [6.07, 6.45) is 0. The van der Waals surface area contributed by atoms with Crippen molar-refractivity contribution in [3.8, 4) is 0 Å². The van der Waals surface area contributed by atoms with Gasteiger partial charge in [0.05, 0.1) is 17.0 Å². The Morgan fingerprint density at radius 2 is 2.00 bits per heavy atom. The van der Waals surface area contributed by atoms with Gasteiger partial charge in [0.15, 0.2) is 0 Å². The Hall–Kier alpha value is -1.70. The number of nitrogens with two attached hydrogens (primary N) is 1. The van der Waals surface area contributed by atoms with Gasteiger partial charge in [-0.25, -0.2) is 13.4 Å². The number of benzene rings is 1. The molecule has 1 aromatic carbocycles. The Morgan fingerprint density at radius 3 is 2.62 bits per heavy atom. The fourth-order valence-electron chi connectivity index (χ4n) is 2.17. The molecular weight excluding hydrogens is 290 g/mol. The zero-order chi connectivity index (χ0) is 15.6. The maximum atomic E-state index is 12.6. The average molecular weight is 309 g/mol. The number of fused-ring (bicyclic) bond motifs is 1. The van der Waals surface area contributed by atoms with Crippen molar-refractivity contribution in [1.29, 1.82) is 0 Å². The molecule has 2 aromatic rings. The minimum absolute atomic E-state index is 0.0675. The molecule has 0 saturated heterocycles. The van der Waals surface area contributed by atoms with Crippen LogP contribution < -0.4 is 5.73 Å². The van der Waals surface area contributed by atoms with E-state index in [0.29, 0.717) is 16.7 Å². The number of hydrogen-bond donors (Lipinski definition) is 2. The lowest BCUT2D eigenvalue weighted by molar-refractivity contribution is 0.236. The van der Waals surface area contributed by atoms with Crippen molar-refractivity contribution in [2.24, 2.45) is 0 Å². The van der Waals surface area contributed by atoms with Gasteiger partial charge in [-0.2, -0.15) is 4.31 Å². The van der Waals surface area contributed by atoms with Gasteiger partial charge in [0.25, 0.3) is 0 Å². The van der Waals surface area contributed by atoms with Crippen molar-refractivity contribution >= 4 is 26.7 Å². The molecular formula is C14H19N3O3S. The zero-order valence-electron chi connectivity index (χ0n) is 12.0. The van der Waals surface area contributed by atoms with Crippen molar-refractivity contribution < 1.29 is 13.5 Å². The van der Waals surface area contributed by atoms with Crippen LogP contribution in [0.4, 0.5) is 5.82 Å². The van der Waals surface area contributed by atoms with Gasteiger partial charge in [-0.05, 0) is 44.2 Å². The van der Waals surface area contributed by atoms with Gasteiger partial charge in [0, 0.05) is 18.0 Å². The molecule has 0 saturated carbocycles. The van der Waals surface area contributed by atoms with Crippen LogP contribution >= 0.6 is 0 Å². The topological polar surface area (TPSA) is 96.5 Å². The summed E-state index contributed by atoms with van der Waals surface area (Å²) in [7, 11) is -3.65. The first-order valence-corrected chi connectivity index (χ1v) is 8.09. The number of rotatable bonds is 5. The van der Waals surface area contributed by atoms with Gasteiger partial charge in [0.2, 0.25) is 10.0 Å². The predicted molar refractivity (Wildman–Crippen MR) is 82.3 cm³/mol. The molecule has 3 N–H and O–H groups in total. The van der Waals surface area contributed by atoms with Crippen LogP contribution in [0.15, 0.2) is 35.2 Å². The van der Waals surface area contributed by atoms with E-state index in [-0.39, 0.29) is 24.1 Å². The number of nitrogen functional groups attached to an aromatic ring is 1. The number of nitrogens with zero attached hydrogens (tertiary/aromatic N) is 2. The molecule has 0 unspecified atom stereocenters. The van der Waals surface area contributed by atoms with Crippen LogP contribution in [0, 0.1) is 0 Å². The molecule has 0 radical (unpaired) electrons. The molecule has 1 aromatic heterocycles. The maximum absolute atomic E-state index is 12.6. The highest BCUT2D eigenvalue weighted by atomic mass is 32.2. The van der Waals surface area contributed by atoms with Crippen molar-refractivity contribution in [2.75, 3.05) is 18.9 Å². The summed E-state index contributed by atoms with van der Waals surface area (Å²) in [5.74, 6) is 0.391. The Morgan fingerprint density at radius 1 is 1.29 bits per heavy atom. The Bertz CT molecular complexity index is 744. The molecule has 0 aliphatic rings. The summed E-state index contributed by atoms with van der Waals surface area (Å²) in [6.45, 7) is 3.40. The molecule has 0 aliphatic heterocycles. The molecule has 21 heavy (non-hydrogen) atoms. The van der Waals surface area contributed by atoms with Gasteiger partial charge in [0.1, 0.15) is 5.82 Å². The van der Waals surface area contributed by atoms with E-state index in [1.165, 1.54) is 10.4 Å².